The highest BCUT2D eigenvalue weighted by atomic mass is 16.3. The van der Waals surface area contributed by atoms with E-state index in [0.717, 1.165) is 16.9 Å². The Bertz CT molecular complexity index is 1190. The SMILES string of the molecule is Cc1c(C)n(-c2ccccc2)c2ncn(CC(=O)NCc3ccco3)c(=O)c12. The molecule has 0 aliphatic rings. The zero-order valence-corrected chi connectivity index (χ0v) is 15.7. The first kappa shape index (κ1) is 17.8. The minimum absolute atomic E-state index is 0.0997. The zero-order valence-electron chi connectivity index (χ0n) is 15.7. The van der Waals surface area contributed by atoms with E-state index in [9.17, 15) is 9.59 Å². The van der Waals surface area contributed by atoms with Crippen LogP contribution in [0, 0.1) is 13.8 Å². The lowest BCUT2D eigenvalue weighted by Gasteiger charge is -2.09. The maximum atomic E-state index is 13.0. The Kier molecular flexibility index (Phi) is 4.57. The lowest BCUT2D eigenvalue weighted by atomic mass is 10.2. The molecule has 28 heavy (non-hydrogen) atoms. The molecule has 0 fully saturated rings. The van der Waals surface area contributed by atoms with Crippen LogP contribution in [0.4, 0.5) is 0 Å². The highest BCUT2D eigenvalue weighted by molar-refractivity contribution is 5.83. The molecule has 0 aliphatic heterocycles. The lowest BCUT2D eigenvalue weighted by molar-refractivity contribution is -0.122. The average molecular weight is 376 g/mol. The summed E-state index contributed by atoms with van der Waals surface area (Å²) in [5, 5.41) is 3.27. The van der Waals surface area contributed by atoms with E-state index in [1.807, 2.05) is 48.7 Å². The monoisotopic (exact) mass is 376 g/mol. The average Bonchev–Trinajstić information content (AvgIpc) is 3.30. The summed E-state index contributed by atoms with van der Waals surface area (Å²) < 4.78 is 8.49. The van der Waals surface area contributed by atoms with Gasteiger partial charge >= 0.3 is 0 Å². The summed E-state index contributed by atoms with van der Waals surface area (Å²) in [4.78, 5) is 29.7. The Balaban J connectivity index is 1.67. The van der Waals surface area contributed by atoms with Crippen molar-refractivity contribution in [3.63, 3.8) is 0 Å². The van der Waals surface area contributed by atoms with Gasteiger partial charge < -0.3 is 9.73 Å². The van der Waals surface area contributed by atoms with E-state index >= 15 is 0 Å². The van der Waals surface area contributed by atoms with Gasteiger partial charge in [-0.3, -0.25) is 18.7 Å². The molecule has 7 heteroatoms. The van der Waals surface area contributed by atoms with Gasteiger partial charge in [-0.05, 0) is 43.7 Å². The first-order valence-corrected chi connectivity index (χ1v) is 8.98. The molecule has 3 heterocycles. The molecule has 0 radical (unpaired) electrons. The molecule has 0 bridgehead atoms. The van der Waals surface area contributed by atoms with Crippen LogP contribution in [0.5, 0.6) is 0 Å². The minimum Gasteiger partial charge on any atom is -0.467 e. The number of furan rings is 1. The van der Waals surface area contributed by atoms with E-state index in [-0.39, 0.29) is 24.6 Å². The highest BCUT2D eigenvalue weighted by Gasteiger charge is 2.18. The van der Waals surface area contributed by atoms with Gasteiger partial charge in [0, 0.05) is 11.4 Å². The number of aryl methyl sites for hydroxylation is 1. The number of hydrogen-bond donors (Lipinski definition) is 1. The van der Waals surface area contributed by atoms with Gasteiger partial charge in [-0.25, -0.2) is 4.98 Å². The van der Waals surface area contributed by atoms with Crippen LogP contribution in [0.3, 0.4) is 0 Å². The third-order valence-electron chi connectivity index (χ3n) is 4.85. The van der Waals surface area contributed by atoms with Gasteiger partial charge in [0.15, 0.2) is 5.65 Å². The van der Waals surface area contributed by atoms with Crippen molar-refractivity contribution in [2.75, 3.05) is 0 Å². The first-order chi connectivity index (χ1) is 13.6. The smallest absolute Gasteiger partial charge is 0.263 e. The van der Waals surface area contributed by atoms with Gasteiger partial charge in [0.1, 0.15) is 18.6 Å². The number of hydrogen-bond acceptors (Lipinski definition) is 4. The van der Waals surface area contributed by atoms with Crippen LogP contribution in [-0.2, 0) is 17.9 Å². The Hall–Kier alpha value is -3.61. The summed E-state index contributed by atoms with van der Waals surface area (Å²) in [7, 11) is 0. The van der Waals surface area contributed by atoms with E-state index in [1.165, 1.54) is 10.9 Å². The number of fused-ring (bicyclic) bond motifs is 1. The second-order valence-corrected chi connectivity index (χ2v) is 6.61. The fraction of sp³-hybridized carbons (Fsp3) is 0.190. The molecule has 0 atom stereocenters. The topological polar surface area (TPSA) is 82.1 Å². The Morgan fingerprint density at radius 1 is 1.14 bits per heavy atom. The van der Waals surface area contributed by atoms with Crippen LogP contribution in [0.1, 0.15) is 17.0 Å². The Morgan fingerprint density at radius 2 is 1.93 bits per heavy atom. The number of nitrogens with one attached hydrogen (secondary N) is 1. The van der Waals surface area contributed by atoms with Gasteiger partial charge in [0.25, 0.3) is 5.56 Å². The van der Waals surface area contributed by atoms with Crippen LogP contribution < -0.4 is 10.9 Å². The fourth-order valence-electron chi connectivity index (χ4n) is 3.30. The molecule has 0 unspecified atom stereocenters. The number of para-hydroxylation sites is 1. The van der Waals surface area contributed by atoms with Gasteiger partial charge in [-0.2, -0.15) is 0 Å². The van der Waals surface area contributed by atoms with E-state index in [2.05, 4.69) is 10.3 Å². The number of carbonyl (C=O) groups is 1. The molecule has 0 saturated carbocycles. The van der Waals surface area contributed by atoms with Crippen LogP contribution in [0.15, 0.2) is 64.3 Å². The summed E-state index contributed by atoms with van der Waals surface area (Å²) >= 11 is 0. The number of aromatic nitrogens is 3. The molecule has 1 aromatic carbocycles. The summed E-state index contributed by atoms with van der Waals surface area (Å²) in [6, 6.07) is 13.3. The summed E-state index contributed by atoms with van der Waals surface area (Å²) in [5.74, 6) is 0.372. The second-order valence-electron chi connectivity index (χ2n) is 6.61. The third kappa shape index (κ3) is 3.11. The van der Waals surface area contributed by atoms with Crippen molar-refractivity contribution in [3.05, 3.63) is 82.4 Å². The van der Waals surface area contributed by atoms with Crippen molar-refractivity contribution in [1.82, 2.24) is 19.4 Å². The fourth-order valence-corrected chi connectivity index (χ4v) is 3.30. The molecule has 3 aromatic heterocycles. The van der Waals surface area contributed by atoms with Crippen molar-refractivity contribution >= 4 is 16.9 Å². The Morgan fingerprint density at radius 3 is 2.64 bits per heavy atom. The number of benzene rings is 1. The molecule has 142 valence electrons. The van der Waals surface area contributed by atoms with Gasteiger partial charge in [0.05, 0.1) is 18.2 Å². The molecule has 4 rings (SSSR count). The van der Waals surface area contributed by atoms with Crippen LogP contribution in [0.2, 0.25) is 0 Å². The summed E-state index contributed by atoms with van der Waals surface area (Å²) in [6.07, 6.45) is 2.97. The normalized spacial score (nSPS) is 11.1. The quantitative estimate of drug-likeness (QED) is 0.581. The number of nitrogens with zero attached hydrogens (tertiary/aromatic N) is 3. The molecule has 0 spiro atoms. The summed E-state index contributed by atoms with van der Waals surface area (Å²) in [5.41, 5.74) is 3.12. The maximum Gasteiger partial charge on any atom is 0.263 e. The van der Waals surface area contributed by atoms with E-state index in [4.69, 9.17) is 4.42 Å². The molecule has 7 nitrogen and oxygen atoms in total. The minimum atomic E-state index is -0.281. The predicted octanol–water partition coefficient (Wildman–Crippen LogP) is 2.71. The van der Waals surface area contributed by atoms with Crippen molar-refractivity contribution in [2.45, 2.75) is 26.9 Å². The Labute approximate surface area is 161 Å². The van der Waals surface area contributed by atoms with Crippen molar-refractivity contribution in [1.29, 1.82) is 0 Å². The van der Waals surface area contributed by atoms with Crippen molar-refractivity contribution in [2.24, 2.45) is 0 Å². The third-order valence-corrected chi connectivity index (χ3v) is 4.85. The zero-order chi connectivity index (χ0) is 19.7. The number of amides is 1. The van der Waals surface area contributed by atoms with Crippen LogP contribution in [-0.4, -0.2) is 20.0 Å². The molecule has 0 aliphatic carbocycles. The van der Waals surface area contributed by atoms with E-state index in [1.54, 1.807) is 18.4 Å². The van der Waals surface area contributed by atoms with E-state index in [0.29, 0.717) is 16.8 Å². The second kappa shape index (κ2) is 7.19. The van der Waals surface area contributed by atoms with Crippen LogP contribution in [0.25, 0.3) is 16.7 Å². The van der Waals surface area contributed by atoms with E-state index < -0.39 is 0 Å². The maximum absolute atomic E-state index is 13.0. The van der Waals surface area contributed by atoms with Crippen LogP contribution >= 0.6 is 0 Å². The highest BCUT2D eigenvalue weighted by Crippen LogP contribution is 2.24. The standard InChI is InChI=1S/C21H20N4O3/c1-14-15(2)25(16-7-4-3-5-8-16)20-19(14)21(27)24(13-23-20)12-18(26)22-11-17-9-6-10-28-17/h3-10,13H,11-12H2,1-2H3,(H,22,26). The molecule has 0 saturated heterocycles. The van der Waals surface area contributed by atoms with Crippen molar-refractivity contribution < 1.29 is 9.21 Å². The summed E-state index contributed by atoms with van der Waals surface area (Å²) in [6.45, 7) is 4.04. The molecule has 4 aromatic rings. The molecular weight excluding hydrogens is 356 g/mol. The molecule has 1 amide bonds. The lowest BCUT2D eigenvalue weighted by Crippen LogP contribution is -2.32. The predicted molar refractivity (Wildman–Crippen MR) is 105 cm³/mol. The molecular formula is C21H20N4O3. The number of rotatable bonds is 5. The molecule has 1 N–H and O–H groups in total. The van der Waals surface area contributed by atoms with Crippen molar-refractivity contribution in [3.8, 4) is 5.69 Å². The largest absolute Gasteiger partial charge is 0.467 e. The van der Waals surface area contributed by atoms with Gasteiger partial charge in [-0.15, -0.1) is 0 Å². The van der Waals surface area contributed by atoms with Gasteiger partial charge in [-0.1, -0.05) is 18.2 Å². The number of carbonyl (C=O) groups excluding carboxylic acids is 1. The first-order valence-electron chi connectivity index (χ1n) is 8.98. The van der Waals surface area contributed by atoms with Gasteiger partial charge in [0.2, 0.25) is 5.91 Å².